The summed E-state index contributed by atoms with van der Waals surface area (Å²) in [6, 6.07) is 3.82. The zero-order valence-electron chi connectivity index (χ0n) is 12.8. The molecule has 0 saturated heterocycles. The van der Waals surface area contributed by atoms with E-state index in [0.717, 1.165) is 16.1 Å². The normalized spacial score (nSPS) is 11.1. The molecule has 0 aliphatic rings. The molecule has 6 nitrogen and oxygen atoms in total. The zero-order valence-corrected chi connectivity index (χ0v) is 13.6. The highest BCUT2D eigenvalue weighted by Crippen LogP contribution is 2.30. The van der Waals surface area contributed by atoms with Crippen LogP contribution in [0.15, 0.2) is 22.4 Å². The van der Waals surface area contributed by atoms with Gasteiger partial charge in [0.05, 0.1) is 10.8 Å². The molecule has 1 N–H and O–H groups in total. The number of benzene rings is 1. The van der Waals surface area contributed by atoms with E-state index >= 15 is 0 Å². The van der Waals surface area contributed by atoms with Gasteiger partial charge in [0.1, 0.15) is 17.7 Å². The Labute approximate surface area is 127 Å². The molecule has 0 aliphatic carbocycles. The number of rotatable bonds is 3. The van der Waals surface area contributed by atoms with Gasteiger partial charge in [-0.3, -0.25) is 4.79 Å². The largest absolute Gasteiger partial charge is 0.430 e. The zero-order chi connectivity index (χ0) is 15.6. The predicted molar refractivity (Wildman–Crippen MR) is 82.4 cm³/mol. The van der Waals surface area contributed by atoms with Crippen molar-refractivity contribution in [2.24, 2.45) is 17.3 Å². The predicted octanol–water partition coefficient (Wildman–Crippen LogP) is 3.27. The van der Waals surface area contributed by atoms with Crippen molar-refractivity contribution in [3.05, 3.63) is 28.3 Å². The van der Waals surface area contributed by atoms with Gasteiger partial charge in [0.2, 0.25) is 5.91 Å². The van der Waals surface area contributed by atoms with Crippen molar-refractivity contribution < 1.29 is 9.48 Å². The van der Waals surface area contributed by atoms with Gasteiger partial charge in [0.25, 0.3) is 0 Å². The van der Waals surface area contributed by atoms with Crippen LogP contribution in [0.2, 0.25) is 0 Å². The Hall–Kier alpha value is -2.15. The summed E-state index contributed by atoms with van der Waals surface area (Å²) < 4.78 is 1.68. The average molecular weight is 304 g/mol. The number of aromatic nitrogens is 2. The van der Waals surface area contributed by atoms with E-state index in [0.29, 0.717) is 16.5 Å². The maximum Gasteiger partial charge on any atom is 0.430 e. The second kappa shape index (κ2) is 6.09. The van der Waals surface area contributed by atoms with Gasteiger partial charge >= 0.3 is 5.13 Å². The van der Waals surface area contributed by atoms with Crippen LogP contribution in [0.1, 0.15) is 23.1 Å². The topological polar surface area (TPSA) is 70.6 Å². The molecule has 0 unspecified atom stereocenters. The van der Waals surface area contributed by atoms with Gasteiger partial charge in [0, 0.05) is 6.92 Å². The Balaban J connectivity index is 2.40. The number of anilines is 1. The van der Waals surface area contributed by atoms with Crippen LogP contribution >= 0.6 is 11.3 Å². The molecule has 0 spiro atoms. The monoisotopic (exact) mass is 304 g/mol. The standard InChI is InChI=1S/C14H17N5OS/c1-8-6-12(15-10(3)20)13(7-9(8)2)16-17-14-19(5)18-11(4)21-14/h6-7H,1-5H3/p+1. The van der Waals surface area contributed by atoms with E-state index in [4.69, 9.17) is 0 Å². The highest BCUT2D eigenvalue weighted by Gasteiger charge is 2.14. The lowest BCUT2D eigenvalue weighted by Crippen LogP contribution is -2.29. The summed E-state index contributed by atoms with van der Waals surface area (Å²) >= 11 is 1.46. The first kappa shape index (κ1) is 15.2. The molecule has 0 aliphatic heterocycles. The SMILES string of the molecule is CC(=O)Nc1cc(C)c(C)cc1N=Nc1sc(C)n[n+]1C. The van der Waals surface area contributed by atoms with E-state index < -0.39 is 0 Å². The molecule has 1 heterocycles. The van der Waals surface area contributed by atoms with Gasteiger partial charge in [-0.25, -0.2) is 0 Å². The van der Waals surface area contributed by atoms with E-state index in [-0.39, 0.29) is 5.91 Å². The smallest absolute Gasteiger partial charge is 0.324 e. The molecule has 0 bridgehead atoms. The Kier molecular flexibility index (Phi) is 4.42. The fourth-order valence-electron chi connectivity index (χ4n) is 1.83. The number of hydrogen-bond acceptors (Lipinski definition) is 5. The second-order valence-corrected chi connectivity index (χ2v) is 6.02. The van der Waals surface area contributed by atoms with E-state index in [1.165, 1.54) is 18.3 Å². The van der Waals surface area contributed by atoms with Crippen molar-refractivity contribution in [2.75, 3.05) is 5.32 Å². The van der Waals surface area contributed by atoms with Crippen molar-refractivity contribution >= 4 is 33.8 Å². The van der Waals surface area contributed by atoms with Crippen LogP contribution < -0.4 is 10.00 Å². The molecule has 0 fully saturated rings. The van der Waals surface area contributed by atoms with E-state index in [1.54, 1.807) is 4.68 Å². The summed E-state index contributed by atoms with van der Waals surface area (Å²) in [5, 5.41) is 17.1. The number of aryl methyl sites for hydroxylation is 4. The quantitative estimate of drug-likeness (QED) is 0.698. The molecule has 1 aromatic carbocycles. The van der Waals surface area contributed by atoms with Gasteiger partial charge in [-0.2, -0.15) is 0 Å². The Morgan fingerprint density at radius 2 is 1.90 bits per heavy atom. The Morgan fingerprint density at radius 3 is 2.48 bits per heavy atom. The minimum atomic E-state index is -0.131. The molecular formula is C14H18N5OS+. The van der Waals surface area contributed by atoms with Crippen LogP contribution in [-0.4, -0.2) is 11.0 Å². The van der Waals surface area contributed by atoms with Gasteiger partial charge in [-0.15, -0.1) is 4.68 Å². The van der Waals surface area contributed by atoms with Crippen LogP contribution in [0.5, 0.6) is 0 Å². The minimum absolute atomic E-state index is 0.131. The lowest BCUT2D eigenvalue weighted by molar-refractivity contribution is -0.714. The molecule has 0 atom stereocenters. The molecule has 21 heavy (non-hydrogen) atoms. The number of nitrogens with zero attached hydrogens (tertiary/aromatic N) is 4. The molecule has 0 saturated carbocycles. The van der Waals surface area contributed by atoms with E-state index in [2.05, 4.69) is 20.6 Å². The van der Waals surface area contributed by atoms with Crippen LogP contribution in [0, 0.1) is 20.8 Å². The summed E-state index contributed by atoms with van der Waals surface area (Å²) in [4.78, 5) is 11.3. The second-order valence-electron chi connectivity index (χ2n) is 4.86. The van der Waals surface area contributed by atoms with Crippen LogP contribution in [0.25, 0.3) is 0 Å². The lowest BCUT2D eigenvalue weighted by Gasteiger charge is -2.07. The third kappa shape index (κ3) is 3.69. The first-order chi connectivity index (χ1) is 9.86. The molecule has 7 heteroatoms. The number of nitrogens with one attached hydrogen (secondary N) is 1. The third-order valence-corrected chi connectivity index (χ3v) is 3.88. The molecule has 0 radical (unpaired) electrons. The summed E-state index contributed by atoms with van der Waals surface area (Å²) in [6.45, 7) is 7.39. The fourth-order valence-corrected chi connectivity index (χ4v) is 2.51. The van der Waals surface area contributed by atoms with Crippen LogP contribution in [-0.2, 0) is 11.8 Å². The van der Waals surface area contributed by atoms with Crippen LogP contribution in [0.4, 0.5) is 16.5 Å². The van der Waals surface area contributed by atoms with Crippen LogP contribution in [0.3, 0.4) is 0 Å². The highest BCUT2D eigenvalue weighted by molar-refractivity contribution is 7.14. The molecule has 2 aromatic rings. The van der Waals surface area contributed by atoms with Gasteiger partial charge < -0.3 is 5.32 Å². The van der Waals surface area contributed by atoms with Crippen molar-refractivity contribution in [1.82, 2.24) is 5.10 Å². The first-order valence-electron chi connectivity index (χ1n) is 6.51. The number of hydrogen-bond donors (Lipinski definition) is 1. The number of carbonyl (C=O) groups excluding carboxylic acids is 1. The number of carbonyl (C=O) groups is 1. The first-order valence-corrected chi connectivity index (χ1v) is 7.33. The van der Waals surface area contributed by atoms with E-state index in [9.17, 15) is 4.79 Å². The van der Waals surface area contributed by atoms with Crippen molar-refractivity contribution in [2.45, 2.75) is 27.7 Å². The number of azo groups is 1. The maximum atomic E-state index is 11.3. The number of amides is 1. The Morgan fingerprint density at radius 1 is 1.24 bits per heavy atom. The third-order valence-electron chi connectivity index (χ3n) is 2.97. The Bertz CT molecular complexity index is 720. The highest BCUT2D eigenvalue weighted by atomic mass is 32.1. The lowest BCUT2D eigenvalue weighted by atomic mass is 10.1. The maximum absolute atomic E-state index is 11.3. The summed E-state index contributed by atoms with van der Waals surface area (Å²) in [7, 11) is 1.83. The summed E-state index contributed by atoms with van der Waals surface area (Å²) in [6.07, 6.45) is 0. The minimum Gasteiger partial charge on any atom is -0.324 e. The molecule has 110 valence electrons. The van der Waals surface area contributed by atoms with Crippen molar-refractivity contribution in [3.8, 4) is 0 Å². The average Bonchev–Trinajstić information content (AvgIpc) is 2.70. The van der Waals surface area contributed by atoms with Gasteiger partial charge in [-0.1, -0.05) is 5.10 Å². The fraction of sp³-hybridized carbons (Fsp3) is 0.357. The van der Waals surface area contributed by atoms with Gasteiger partial charge in [-0.05, 0) is 60.5 Å². The van der Waals surface area contributed by atoms with Crippen molar-refractivity contribution in [1.29, 1.82) is 0 Å². The molecule has 2 rings (SSSR count). The van der Waals surface area contributed by atoms with Crippen molar-refractivity contribution in [3.63, 3.8) is 0 Å². The molecule has 1 aromatic heterocycles. The summed E-state index contributed by atoms with van der Waals surface area (Å²) in [5.74, 6) is -0.131. The van der Waals surface area contributed by atoms with E-state index in [1.807, 2.05) is 40.0 Å². The summed E-state index contributed by atoms with van der Waals surface area (Å²) in [5.41, 5.74) is 3.50. The molecule has 1 amide bonds. The van der Waals surface area contributed by atoms with Gasteiger partial charge in [0.15, 0.2) is 0 Å². The molecular weight excluding hydrogens is 286 g/mol.